The van der Waals surface area contributed by atoms with Crippen LogP contribution in [0.15, 0.2) is 48.5 Å². The maximum atomic E-state index is 12.9. The summed E-state index contributed by atoms with van der Waals surface area (Å²) >= 11 is 8.70. The number of carboxylic acid groups (broad SMARTS) is 1. The Morgan fingerprint density at radius 3 is 2.58 bits per heavy atom. The van der Waals surface area contributed by atoms with E-state index in [0.29, 0.717) is 5.56 Å². The highest BCUT2D eigenvalue weighted by atomic mass is 127. The Bertz CT molecular complexity index is 872. The first kappa shape index (κ1) is 19.1. The van der Waals surface area contributed by atoms with E-state index in [0.717, 1.165) is 9.13 Å². The van der Waals surface area contributed by atoms with Gasteiger partial charge in [0.2, 0.25) is 5.91 Å². The predicted molar refractivity (Wildman–Crippen MR) is 112 cm³/mol. The van der Waals surface area contributed by atoms with E-state index < -0.39 is 17.3 Å². The zero-order chi connectivity index (χ0) is 18.8. The Morgan fingerprint density at radius 2 is 1.96 bits per heavy atom. The van der Waals surface area contributed by atoms with E-state index in [-0.39, 0.29) is 22.4 Å². The van der Waals surface area contributed by atoms with Crippen LogP contribution in [-0.4, -0.2) is 37.4 Å². The first-order valence-corrected chi connectivity index (χ1v) is 10.0. The number of carboxylic acids is 1. The molecule has 0 radical (unpaired) electrons. The van der Waals surface area contributed by atoms with Gasteiger partial charge in [-0.05, 0) is 58.0 Å². The Balaban J connectivity index is 1.87. The van der Waals surface area contributed by atoms with Gasteiger partial charge in [-0.1, -0.05) is 48.2 Å². The highest BCUT2D eigenvalue weighted by molar-refractivity contribution is 14.1. The molecule has 2 N–H and O–H groups in total. The molecule has 2 aromatic carbocycles. The topological polar surface area (TPSA) is 77.8 Å². The normalized spacial score (nSPS) is 18.2. The van der Waals surface area contributed by atoms with Gasteiger partial charge in [-0.15, -0.1) is 0 Å². The fourth-order valence-electron chi connectivity index (χ4n) is 2.73. The SMILES string of the molecule is O=C(O)C(Cc1ccc(O)cc1)N1C(=O)C(c2cccc(I)c2)SC1=S. The molecule has 8 heteroatoms. The standard InChI is InChI=1S/C18H14INO4S2/c19-12-3-1-2-11(9-12)15-16(22)20(18(25)26-15)14(17(23)24)8-10-4-6-13(21)7-5-10/h1-7,9,14-15,21H,8H2,(H,23,24). The lowest BCUT2D eigenvalue weighted by Gasteiger charge is -2.24. The van der Waals surface area contributed by atoms with Gasteiger partial charge in [0.05, 0.1) is 0 Å². The molecule has 2 unspecified atom stereocenters. The van der Waals surface area contributed by atoms with E-state index >= 15 is 0 Å². The van der Waals surface area contributed by atoms with Crippen molar-refractivity contribution in [1.82, 2.24) is 4.90 Å². The number of rotatable bonds is 5. The van der Waals surface area contributed by atoms with E-state index in [1.54, 1.807) is 12.1 Å². The summed E-state index contributed by atoms with van der Waals surface area (Å²) in [4.78, 5) is 26.0. The number of thioether (sulfide) groups is 1. The number of aliphatic carboxylic acids is 1. The quantitative estimate of drug-likeness (QED) is 0.484. The number of hydrogen-bond donors (Lipinski definition) is 2. The number of nitrogens with zero attached hydrogens (tertiary/aromatic N) is 1. The molecule has 1 saturated heterocycles. The smallest absolute Gasteiger partial charge is 0.327 e. The molecular formula is C18H14INO4S2. The second-order valence-corrected chi connectivity index (χ2v) is 8.74. The molecule has 0 aliphatic carbocycles. The molecule has 26 heavy (non-hydrogen) atoms. The number of phenolic OH excluding ortho intramolecular Hbond substituents is 1. The number of carbonyl (C=O) groups excluding carboxylic acids is 1. The number of benzene rings is 2. The van der Waals surface area contributed by atoms with Crippen molar-refractivity contribution in [3.05, 3.63) is 63.2 Å². The Labute approximate surface area is 173 Å². The zero-order valence-electron chi connectivity index (χ0n) is 13.3. The number of hydrogen-bond acceptors (Lipinski definition) is 5. The van der Waals surface area contributed by atoms with Crippen molar-refractivity contribution in [1.29, 1.82) is 0 Å². The molecular weight excluding hydrogens is 485 g/mol. The molecule has 3 rings (SSSR count). The van der Waals surface area contributed by atoms with Crippen molar-refractivity contribution in [3.63, 3.8) is 0 Å². The molecule has 2 aromatic rings. The van der Waals surface area contributed by atoms with E-state index in [4.69, 9.17) is 12.2 Å². The van der Waals surface area contributed by atoms with Gasteiger partial charge in [-0.25, -0.2) is 4.79 Å². The first-order valence-electron chi connectivity index (χ1n) is 7.66. The third-order valence-corrected chi connectivity index (χ3v) is 6.25. The molecule has 5 nitrogen and oxygen atoms in total. The van der Waals surface area contributed by atoms with Gasteiger partial charge in [0, 0.05) is 9.99 Å². The Kier molecular flexibility index (Phi) is 5.83. The molecule has 0 bridgehead atoms. The number of phenols is 1. The third kappa shape index (κ3) is 4.02. The number of amides is 1. The summed E-state index contributed by atoms with van der Waals surface area (Å²) in [6.07, 6.45) is 0.112. The van der Waals surface area contributed by atoms with Crippen LogP contribution in [0.25, 0.3) is 0 Å². The maximum Gasteiger partial charge on any atom is 0.327 e. The minimum absolute atomic E-state index is 0.0997. The highest BCUT2D eigenvalue weighted by Crippen LogP contribution is 2.41. The molecule has 2 atom stereocenters. The van der Waals surface area contributed by atoms with Crippen LogP contribution in [0.5, 0.6) is 5.75 Å². The number of carbonyl (C=O) groups is 2. The van der Waals surface area contributed by atoms with Gasteiger partial charge in [-0.3, -0.25) is 9.69 Å². The van der Waals surface area contributed by atoms with Crippen molar-refractivity contribution in [2.75, 3.05) is 0 Å². The first-order chi connectivity index (χ1) is 12.4. The summed E-state index contributed by atoms with van der Waals surface area (Å²) in [5.41, 5.74) is 1.51. The van der Waals surface area contributed by atoms with Crippen LogP contribution in [0.2, 0.25) is 0 Å². The molecule has 0 aromatic heterocycles. The van der Waals surface area contributed by atoms with Crippen LogP contribution in [0, 0.1) is 3.57 Å². The fourth-order valence-corrected chi connectivity index (χ4v) is 4.83. The Morgan fingerprint density at radius 1 is 1.27 bits per heavy atom. The van der Waals surface area contributed by atoms with Crippen molar-refractivity contribution in [3.8, 4) is 5.75 Å². The summed E-state index contributed by atoms with van der Waals surface area (Å²) in [6, 6.07) is 12.7. The van der Waals surface area contributed by atoms with Gasteiger partial charge >= 0.3 is 5.97 Å². The van der Waals surface area contributed by atoms with E-state index in [2.05, 4.69) is 22.6 Å². The second-order valence-electron chi connectivity index (χ2n) is 5.75. The summed E-state index contributed by atoms with van der Waals surface area (Å²) in [5, 5.41) is 18.5. The zero-order valence-corrected chi connectivity index (χ0v) is 17.1. The molecule has 1 amide bonds. The minimum atomic E-state index is -1.11. The van der Waals surface area contributed by atoms with Crippen molar-refractivity contribution < 1.29 is 19.8 Å². The number of aromatic hydroxyl groups is 1. The Hall–Kier alpha value is -1.65. The largest absolute Gasteiger partial charge is 0.508 e. The van der Waals surface area contributed by atoms with Crippen LogP contribution < -0.4 is 0 Å². The van der Waals surface area contributed by atoms with Crippen molar-refractivity contribution in [2.45, 2.75) is 17.7 Å². The molecule has 0 spiro atoms. The summed E-state index contributed by atoms with van der Waals surface area (Å²) < 4.78 is 1.27. The third-order valence-electron chi connectivity index (χ3n) is 3.99. The summed E-state index contributed by atoms with van der Waals surface area (Å²) in [7, 11) is 0. The van der Waals surface area contributed by atoms with Crippen LogP contribution in [0.1, 0.15) is 16.4 Å². The van der Waals surface area contributed by atoms with E-state index in [1.165, 1.54) is 28.8 Å². The predicted octanol–water partition coefficient (Wildman–Crippen LogP) is 3.59. The molecule has 1 fully saturated rings. The van der Waals surface area contributed by atoms with E-state index in [9.17, 15) is 19.8 Å². The lowest BCUT2D eigenvalue weighted by Crippen LogP contribution is -2.45. The molecule has 1 heterocycles. The molecule has 134 valence electrons. The van der Waals surface area contributed by atoms with Crippen molar-refractivity contribution in [2.24, 2.45) is 0 Å². The summed E-state index contributed by atoms with van der Waals surface area (Å²) in [6.45, 7) is 0. The van der Waals surface area contributed by atoms with Gasteiger partial charge in [-0.2, -0.15) is 0 Å². The van der Waals surface area contributed by atoms with Crippen LogP contribution in [-0.2, 0) is 16.0 Å². The average Bonchev–Trinajstić information content (AvgIpc) is 2.89. The molecule has 0 saturated carbocycles. The fraction of sp³-hybridized carbons (Fsp3) is 0.167. The van der Waals surface area contributed by atoms with Gasteiger partial charge in [0.15, 0.2) is 0 Å². The monoisotopic (exact) mass is 499 g/mol. The van der Waals surface area contributed by atoms with E-state index in [1.807, 2.05) is 24.3 Å². The lowest BCUT2D eigenvalue weighted by molar-refractivity contribution is -0.146. The molecule has 1 aliphatic heterocycles. The van der Waals surface area contributed by atoms with Crippen LogP contribution in [0.4, 0.5) is 0 Å². The minimum Gasteiger partial charge on any atom is -0.508 e. The van der Waals surface area contributed by atoms with Gasteiger partial charge in [0.25, 0.3) is 0 Å². The van der Waals surface area contributed by atoms with Gasteiger partial charge < -0.3 is 10.2 Å². The summed E-state index contributed by atoms with van der Waals surface area (Å²) in [5.74, 6) is -1.33. The number of halogens is 1. The molecule has 1 aliphatic rings. The van der Waals surface area contributed by atoms with Crippen LogP contribution in [0.3, 0.4) is 0 Å². The lowest BCUT2D eigenvalue weighted by atomic mass is 10.0. The van der Waals surface area contributed by atoms with Crippen molar-refractivity contribution >= 4 is 62.8 Å². The second kappa shape index (κ2) is 7.93. The average molecular weight is 499 g/mol. The number of thiocarbonyl (C=S) groups is 1. The highest BCUT2D eigenvalue weighted by Gasteiger charge is 2.44. The van der Waals surface area contributed by atoms with Crippen LogP contribution >= 0.6 is 46.6 Å². The van der Waals surface area contributed by atoms with Gasteiger partial charge in [0.1, 0.15) is 21.4 Å². The maximum absolute atomic E-state index is 12.9.